The molecule has 1 aliphatic rings. The number of anilines is 1. The summed E-state index contributed by atoms with van der Waals surface area (Å²) >= 11 is 5.99. The van der Waals surface area contributed by atoms with E-state index in [-0.39, 0.29) is 17.7 Å². The zero-order chi connectivity index (χ0) is 20.1. The Morgan fingerprint density at radius 2 is 1.89 bits per heavy atom. The molecule has 1 fully saturated rings. The van der Waals surface area contributed by atoms with Crippen molar-refractivity contribution in [3.8, 4) is 11.5 Å². The molecule has 28 heavy (non-hydrogen) atoms. The van der Waals surface area contributed by atoms with E-state index >= 15 is 0 Å². The number of benzene rings is 2. The molecule has 0 radical (unpaired) electrons. The van der Waals surface area contributed by atoms with Crippen molar-refractivity contribution >= 4 is 29.1 Å². The van der Waals surface area contributed by atoms with Crippen LogP contribution >= 0.6 is 11.6 Å². The lowest BCUT2D eigenvalue weighted by Crippen LogP contribution is -2.43. The van der Waals surface area contributed by atoms with Gasteiger partial charge >= 0.3 is 0 Å². The second kappa shape index (κ2) is 8.97. The van der Waals surface area contributed by atoms with Crippen molar-refractivity contribution in [1.29, 1.82) is 0 Å². The van der Waals surface area contributed by atoms with E-state index in [0.29, 0.717) is 40.9 Å². The molecule has 148 valence electrons. The number of nitrogens with zero attached hydrogens (tertiary/aromatic N) is 1. The van der Waals surface area contributed by atoms with E-state index in [2.05, 4.69) is 5.32 Å². The van der Waals surface area contributed by atoms with Crippen molar-refractivity contribution in [2.24, 2.45) is 5.92 Å². The summed E-state index contributed by atoms with van der Waals surface area (Å²) in [5.74, 6) is 0.644. The van der Waals surface area contributed by atoms with Gasteiger partial charge in [-0.25, -0.2) is 0 Å². The molecule has 0 saturated carbocycles. The van der Waals surface area contributed by atoms with Gasteiger partial charge in [0, 0.05) is 35.4 Å². The Labute approximate surface area is 169 Å². The number of rotatable bonds is 5. The van der Waals surface area contributed by atoms with Crippen molar-refractivity contribution in [3.63, 3.8) is 0 Å². The lowest BCUT2D eigenvalue weighted by molar-refractivity contribution is -0.121. The molecule has 1 N–H and O–H groups in total. The lowest BCUT2D eigenvalue weighted by atomic mass is 9.96. The highest BCUT2D eigenvalue weighted by atomic mass is 35.5. The third kappa shape index (κ3) is 4.57. The van der Waals surface area contributed by atoms with Crippen LogP contribution < -0.4 is 14.8 Å². The van der Waals surface area contributed by atoms with Gasteiger partial charge in [0.15, 0.2) is 11.5 Å². The zero-order valence-corrected chi connectivity index (χ0v) is 16.7. The predicted molar refractivity (Wildman–Crippen MR) is 108 cm³/mol. The number of halogens is 1. The average molecular weight is 403 g/mol. The number of hydrogen-bond acceptors (Lipinski definition) is 4. The fraction of sp³-hybridized carbons (Fsp3) is 0.333. The molecule has 0 unspecified atom stereocenters. The summed E-state index contributed by atoms with van der Waals surface area (Å²) in [5.41, 5.74) is 1.16. The molecule has 2 aromatic carbocycles. The number of nitrogens with one attached hydrogen (secondary N) is 1. The highest BCUT2D eigenvalue weighted by Gasteiger charge is 2.29. The molecule has 0 spiro atoms. The number of hydrogen-bond donors (Lipinski definition) is 1. The number of carbonyl (C=O) groups excluding carboxylic acids is 2. The molecule has 3 rings (SSSR count). The maximum Gasteiger partial charge on any atom is 0.253 e. The quantitative estimate of drug-likeness (QED) is 0.824. The molecule has 1 aliphatic heterocycles. The number of piperidine rings is 1. The maximum atomic E-state index is 12.7. The molecule has 0 bridgehead atoms. The molecular formula is C21H23ClN2O4. The first-order valence-electron chi connectivity index (χ1n) is 9.09. The van der Waals surface area contributed by atoms with Crippen molar-refractivity contribution < 1.29 is 19.1 Å². The minimum absolute atomic E-state index is 0.105. The van der Waals surface area contributed by atoms with Gasteiger partial charge < -0.3 is 19.7 Å². The molecule has 1 saturated heterocycles. The molecule has 7 heteroatoms. The fourth-order valence-electron chi connectivity index (χ4n) is 3.34. The van der Waals surface area contributed by atoms with Crippen LogP contribution in [0.15, 0.2) is 42.5 Å². The van der Waals surface area contributed by atoms with E-state index in [9.17, 15) is 9.59 Å². The molecule has 0 aromatic heterocycles. The van der Waals surface area contributed by atoms with Gasteiger partial charge in [0.1, 0.15) is 0 Å². The Morgan fingerprint density at radius 3 is 2.61 bits per heavy atom. The van der Waals surface area contributed by atoms with Crippen molar-refractivity contribution in [2.75, 3.05) is 32.6 Å². The normalized spacial score (nSPS) is 16.4. The van der Waals surface area contributed by atoms with Crippen LogP contribution in [0.2, 0.25) is 5.02 Å². The molecule has 6 nitrogen and oxygen atoms in total. The van der Waals surface area contributed by atoms with Crippen LogP contribution in [0.25, 0.3) is 0 Å². The maximum absolute atomic E-state index is 12.7. The van der Waals surface area contributed by atoms with Gasteiger partial charge in [0.2, 0.25) is 5.91 Å². The van der Waals surface area contributed by atoms with Crippen LogP contribution in [-0.4, -0.2) is 44.0 Å². The first-order valence-corrected chi connectivity index (χ1v) is 9.47. The van der Waals surface area contributed by atoms with Gasteiger partial charge in [0.25, 0.3) is 5.91 Å². The molecule has 1 atom stereocenters. The van der Waals surface area contributed by atoms with Crippen molar-refractivity contribution in [3.05, 3.63) is 53.1 Å². The summed E-state index contributed by atoms with van der Waals surface area (Å²) in [6.07, 6.45) is 1.51. The summed E-state index contributed by atoms with van der Waals surface area (Å²) in [5, 5.41) is 3.43. The van der Waals surface area contributed by atoms with E-state index in [0.717, 1.165) is 12.8 Å². The first-order chi connectivity index (χ1) is 13.5. The van der Waals surface area contributed by atoms with E-state index in [1.54, 1.807) is 61.6 Å². The Hall–Kier alpha value is -2.73. The van der Waals surface area contributed by atoms with Crippen LogP contribution in [0.1, 0.15) is 23.2 Å². The lowest BCUT2D eigenvalue weighted by Gasteiger charge is -2.32. The Morgan fingerprint density at radius 1 is 1.11 bits per heavy atom. The molecule has 2 amide bonds. The third-order valence-corrected chi connectivity index (χ3v) is 5.04. The van der Waals surface area contributed by atoms with Gasteiger partial charge in [-0.2, -0.15) is 0 Å². The standard InChI is InChI=1S/C21H23ClN2O4/c1-27-18-9-8-17(12-19(18)28-2)23-20(25)15-6-4-10-24(13-15)21(26)14-5-3-7-16(22)11-14/h3,5,7-9,11-12,15H,4,6,10,13H2,1-2H3,(H,23,25)/t15-/m1/s1. The fourth-order valence-corrected chi connectivity index (χ4v) is 3.53. The van der Waals surface area contributed by atoms with Crippen LogP contribution in [0, 0.1) is 5.92 Å². The monoisotopic (exact) mass is 402 g/mol. The number of carbonyl (C=O) groups is 2. The van der Waals surface area contributed by atoms with Crippen molar-refractivity contribution in [1.82, 2.24) is 4.90 Å². The molecule has 0 aliphatic carbocycles. The second-order valence-corrected chi connectivity index (χ2v) is 7.10. The number of amides is 2. The smallest absolute Gasteiger partial charge is 0.253 e. The highest BCUT2D eigenvalue weighted by molar-refractivity contribution is 6.30. The first kappa shape index (κ1) is 20.0. The second-order valence-electron chi connectivity index (χ2n) is 6.66. The number of methoxy groups -OCH3 is 2. The van der Waals surface area contributed by atoms with Crippen molar-refractivity contribution in [2.45, 2.75) is 12.8 Å². The van der Waals surface area contributed by atoms with E-state index in [1.807, 2.05) is 0 Å². The Bertz CT molecular complexity index is 871. The number of ether oxygens (including phenoxy) is 2. The number of likely N-dealkylation sites (tertiary alicyclic amines) is 1. The van der Waals surface area contributed by atoms with Crippen LogP contribution in [0.4, 0.5) is 5.69 Å². The van der Waals surface area contributed by atoms with Crippen LogP contribution in [0.5, 0.6) is 11.5 Å². The largest absolute Gasteiger partial charge is 0.493 e. The summed E-state index contributed by atoms with van der Waals surface area (Å²) in [6.45, 7) is 1.01. The summed E-state index contributed by atoms with van der Waals surface area (Å²) in [4.78, 5) is 27.2. The Kier molecular flexibility index (Phi) is 6.41. The summed E-state index contributed by atoms with van der Waals surface area (Å²) in [6, 6.07) is 12.1. The molecular weight excluding hydrogens is 380 g/mol. The summed E-state index contributed by atoms with van der Waals surface area (Å²) in [7, 11) is 3.10. The zero-order valence-electron chi connectivity index (χ0n) is 15.9. The highest BCUT2D eigenvalue weighted by Crippen LogP contribution is 2.30. The third-order valence-electron chi connectivity index (χ3n) is 4.80. The topological polar surface area (TPSA) is 67.9 Å². The van der Waals surface area contributed by atoms with Gasteiger partial charge in [0.05, 0.1) is 20.1 Å². The van der Waals surface area contributed by atoms with E-state index in [1.165, 1.54) is 0 Å². The van der Waals surface area contributed by atoms with Gasteiger partial charge in [-0.05, 0) is 43.2 Å². The minimum Gasteiger partial charge on any atom is -0.493 e. The Balaban J connectivity index is 1.67. The predicted octanol–water partition coefficient (Wildman–Crippen LogP) is 3.85. The van der Waals surface area contributed by atoms with Crippen LogP contribution in [-0.2, 0) is 4.79 Å². The molecule has 2 aromatic rings. The van der Waals surface area contributed by atoms with Gasteiger partial charge in [-0.1, -0.05) is 17.7 Å². The van der Waals surface area contributed by atoms with Gasteiger partial charge in [-0.15, -0.1) is 0 Å². The average Bonchev–Trinajstić information content (AvgIpc) is 2.73. The SMILES string of the molecule is COc1ccc(NC(=O)[C@@H]2CCCN(C(=O)c3cccc(Cl)c3)C2)cc1OC. The summed E-state index contributed by atoms with van der Waals surface area (Å²) < 4.78 is 10.5. The van der Waals surface area contributed by atoms with Crippen LogP contribution in [0.3, 0.4) is 0 Å². The van der Waals surface area contributed by atoms with E-state index < -0.39 is 0 Å². The molecule has 1 heterocycles. The minimum atomic E-state index is -0.273. The van der Waals surface area contributed by atoms with Gasteiger partial charge in [-0.3, -0.25) is 9.59 Å². The van der Waals surface area contributed by atoms with E-state index in [4.69, 9.17) is 21.1 Å².